The minimum Gasteiger partial charge on any atom is -0.340 e. The van der Waals surface area contributed by atoms with Crippen LogP contribution >= 0.6 is 0 Å². The minimum absolute atomic E-state index is 0.138. The van der Waals surface area contributed by atoms with Crippen molar-refractivity contribution in [2.24, 2.45) is 17.8 Å². The van der Waals surface area contributed by atoms with Crippen LogP contribution in [0.15, 0.2) is 29.2 Å². The average molecular weight is 463 g/mol. The quantitative estimate of drug-likeness (QED) is 0.697. The zero-order valence-electron chi connectivity index (χ0n) is 19.0. The maximum atomic E-state index is 13.0. The molecule has 0 spiro atoms. The molecule has 0 radical (unpaired) electrons. The number of nitrogens with one attached hydrogen (secondary N) is 1. The molecule has 2 amide bonds. The first kappa shape index (κ1) is 23.2. The van der Waals surface area contributed by atoms with Crippen LogP contribution < -0.4 is 5.32 Å². The summed E-state index contributed by atoms with van der Waals surface area (Å²) in [4.78, 5) is 28.8. The summed E-state index contributed by atoms with van der Waals surface area (Å²) < 4.78 is 27.6. The topological polar surface area (TPSA) is 90.0 Å². The van der Waals surface area contributed by atoms with Gasteiger partial charge in [0, 0.05) is 50.9 Å². The Bertz CT molecular complexity index is 927. The normalized spacial score (nSPS) is 25.5. The van der Waals surface area contributed by atoms with Gasteiger partial charge in [-0.1, -0.05) is 13.8 Å². The lowest BCUT2D eigenvalue weighted by Gasteiger charge is -2.34. The Hall–Kier alpha value is -1.97. The van der Waals surface area contributed by atoms with Crippen molar-refractivity contribution >= 4 is 27.5 Å². The molecule has 1 N–H and O–H groups in total. The third-order valence-electron chi connectivity index (χ3n) is 6.59. The highest BCUT2D eigenvalue weighted by Crippen LogP contribution is 2.31. The van der Waals surface area contributed by atoms with Crippen LogP contribution in [0.1, 0.15) is 33.1 Å². The number of nitrogens with zero attached hydrogens (tertiary/aromatic N) is 3. The summed E-state index contributed by atoms with van der Waals surface area (Å²) in [6.07, 6.45) is 3.07. The molecule has 2 heterocycles. The predicted octanol–water partition coefficient (Wildman–Crippen LogP) is 1.85. The van der Waals surface area contributed by atoms with E-state index in [0.29, 0.717) is 56.8 Å². The van der Waals surface area contributed by atoms with Crippen molar-refractivity contribution in [3.63, 3.8) is 0 Å². The Morgan fingerprint density at radius 2 is 1.56 bits per heavy atom. The van der Waals surface area contributed by atoms with Crippen LogP contribution in [0.5, 0.6) is 0 Å². The summed E-state index contributed by atoms with van der Waals surface area (Å²) in [5.41, 5.74) is 0.580. The fourth-order valence-electron chi connectivity index (χ4n) is 4.78. The first-order valence-electron chi connectivity index (χ1n) is 11.6. The highest BCUT2D eigenvalue weighted by atomic mass is 32.2. The van der Waals surface area contributed by atoms with Crippen LogP contribution in [0.4, 0.5) is 5.69 Å². The molecule has 1 aromatic rings. The zero-order valence-corrected chi connectivity index (χ0v) is 19.8. The summed E-state index contributed by atoms with van der Waals surface area (Å²) in [6.45, 7) is 8.24. The zero-order chi connectivity index (χ0) is 22.9. The van der Waals surface area contributed by atoms with Gasteiger partial charge in [-0.15, -0.1) is 0 Å². The number of hydrogen-bond donors (Lipinski definition) is 1. The van der Waals surface area contributed by atoms with Crippen molar-refractivity contribution in [3.8, 4) is 0 Å². The van der Waals surface area contributed by atoms with E-state index in [1.807, 2.05) is 9.80 Å². The van der Waals surface area contributed by atoms with Gasteiger partial charge in [0.1, 0.15) is 0 Å². The molecule has 9 heteroatoms. The number of amides is 2. The van der Waals surface area contributed by atoms with E-state index < -0.39 is 10.0 Å². The lowest BCUT2D eigenvalue weighted by Crippen LogP contribution is -2.50. The minimum atomic E-state index is -3.53. The van der Waals surface area contributed by atoms with Crippen LogP contribution in [-0.4, -0.2) is 80.2 Å². The van der Waals surface area contributed by atoms with E-state index in [1.165, 1.54) is 0 Å². The van der Waals surface area contributed by atoms with Gasteiger partial charge in [-0.2, -0.15) is 4.31 Å². The molecule has 1 aliphatic carbocycles. The SMILES string of the molecule is C[C@H]1C[C@H](C)CN(S(=O)(=O)c2ccc(NC(=O)CN3CCN(C(=O)C4CC4)CC3)cc2)C1. The van der Waals surface area contributed by atoms with Crippen molar-refractivity contribution in [2.75, 3.05) is 51.1 Å². The number of hydrogen-bond acceptors (Lipinski definition) is 5. The molecule has 176 valence electrons. The van der Waals surface area contributed by atoms with Gasteiger partial charge in [0.05, 0.1) is 11.4 Å². The van der Waals surface area contributed by atoms with E-state index in [0.717, 1.165) is 19.3 Å². The van der Waals surface area contributed by atoms with Gasteiger partial charge >= 0.3 is 0 Å². The Balaban J connectivity index is 1.28. The van der Waals surface area contributed by atoms with Gasteiger partial charge in [0.2, 0.25) is 21.8 Å². The number of piperidine rings is 1. The highest BCUT2D eigenvalue weighted by Gasteiger charge is 2.35. The second-order valence-corrected chi connectivity index (χ2v) is 11.7. The second-order valence-electron chi connectivity index (χ2n) is 9.72. The summed E-state index contributed by atoms with van der Waals surface area (Å²) in [5, 5.41) is 2.85. The van der Waals surface area contributed by atoms with Crippen molar-refractivity contribution in [2.45, 2.75) is 38.0 Å². The predicted molar refractivity (Wildman–Crippen MR) is 123 cm³/mol. The number of rotatable bonds is 6. The number of carbonyl (C=O) groups is 2. The number of piperazine rings is 1. The van der Waals surface area contributed by atoms with E-state index in [1.54, 1.807) is 28.6 Å². The molecule has 0 aromatic heterocycles. The van der Waals surface area contributed by atoms with E-state index >= 15 is 0 Å². The highest BCUT2D eigenvalue weighted by molar-refractivity contribution is 7.89. The first-order chi connectivity index (χ1) is 15.2. The van der Waals surface area contributed by atoms with E-state index in [4.69, 9.17) is 0 Å². The lowest BCUT2D eigenvalue weighted by atomic mass is 9.94. The molecule has 3 fully saturated rings. The van der Waals surface area contributed by atoms with Crippen molar-refractivity contribution < 1.29 is 18.0 Å². The van der Waals surface area contributed by atoms with Gasteiger partial charge in [-0.3, -0.25) is 14.5 Å². The molecular formula is C23H34N4O4S. The number of benzene rings is 1. The molecule has 8 nitrogen and oxygen atoms in total. The van der Waals surface area contributed by atoms with Gasteiger partial charge in [0.25, 0.3) is 0 Å². The van der Waals surface area contributed by atoms with Crippen molar-refractivity contribution in [1.29, 1.82) is 0 Å². The third kappa shape index (κ3) is 5.50. The lowest BCUT2D eigenvalue weighted by molar-refractivity contribution is -0.134. The van der Waals surface area contributed by atoms with Crippen molar-refractivity contribution in [1.82, 2.24) is 14.1 Å². The first-order valence-corrected chi connectivity index (χ1v) is 13.1. The Kier molecular flexibility index (Phi) is 6.88. The Labute approximate surface area is 191 Å². The van der Waals surface area contributed by atoms with E-state index in [2.05, 4.69) is 19.2 Å². The van der Waals surface area contributed by atoms with Crippen LogP contribution in [0.25, 0.3) is 0 Å². The Morgan fingerprint density at radius 1 is 0.969 bits per heavy atom. The van der Waals surface area contributed by atoms with Gasteiger partial charge in [-0.05, 0) is 55.4 Å². The fourth-order valence-corrected chi connectivity index (χ4v) is 6.46. The molecule has 0 unspecified atom stereocenters. The molecule has 4 rings (SSSR count). The molecule has 0 bridgehead atoms. The average Bonchev–Trinajstić information content (AvgIpc) is 3.59. The summed E-state index contributed by atoms with van der Waals surface area (Å²) in [6, 6.07) is 6.43. The van der Waals surface area contributed by atoms with E-state index in [9.17, 15) is 18.0 Å². The summed E-state index contributed by atoms with van der Waals surface area (Å²) in [7, 11) is -3.53. The fraction of sp³-hybridized carbons (Fsp3) is 0.652. The molecule has 3 aliphatic rings. The van der Waals surface area contributed by atoms with Crippen LogP contribution in [0.3, 0.4) is 0 Å². The second kappa shape index (κ2) is 9.49. The van der Waals surface area contributed by atoms with Crippen molar-refractivity contribution in [3.05, 3.63) is 24.3 Å². The summed E-state index contributed by atoms with van der Waals surface area (Å²) >= 11 is 0. The van der Waals surface area contributed by atoms with Gasteiger partial charge < -0.3 is 10.2 Å². The maximum absolute atomic E-state index is 13.0. The van der Waals surface area contributed by atoms with Gasteiger partial charge in [-0.25, -0.2) is 8.42 Å². The third-order valence-corrected chi connectivity index (χ3v) is 8.43. The largest absolute Gasteiger partial charge is 0.340 e. The Morgan fingerprint density at radius 3 is 2.12 bits per heavy atom. The molecular weight excluding hydrogens is 428 g/mol. The van der Waals surface area contributed by atoms with Crippen LogP contribution in [0, 0.1) is 17.8 Å². The van der Waals surface area contributed by atoms with Crippen LogP contribution in [0.2, 0.25) is 0 Å². The molecule has 32 heavy (non-hydrogen) atoms. The maximum Gasteiger partial charge on any atom is 0.243 e. The van der Waals surface area contributed by atoms with Crippen LogP contribution in [-0.2, 0) is 19.6 Å². The smallest absolute Gasteiger partial charge is 0.243 e. The standard InChI is InChI=1S/C23H34N4O4S/c1-17-13-18(2)15-27(14-17)32(30,31)21-7-5-20(6-8-21)24-22(28)16-25-9-11-26(12-10-25)23(29)19-3-4-19/h5-8,17-19H,3-4,9-16H2,1-2H3,(H,24,28)/t17-,18-/m0/s1. The number of carbonyl (C=O) groups excluding carboxylic acids is 2. The molecule has 2 saturated heterocycles. The monoisotopic (exact) mass is 462 g/mol. The number of anilines is 1. The molecule has 1 aromatic carbocycles. The molecule has 1 saturated carbocycles. The van der Waals surface area contributed by atoms with Gasteiger partial charge in [0.15, 0.2) is 0 Å². The van der Waals surface area contributed by atoms with E-state index in [-0.39, 0.29) is 29.2 Å². The molecule has 2 atom stereocenters. The molecule has 2 aliphatic heterocycles. The number of sulfonamides is 1. The summed E-state index contributed by atoms with van der Waals surface area (Å²) in [5.74, 6) is 1.05.